The van der Waals surface area contributed by atoms with Crippen LogP contribution in [0.15, 0.2) is 12.4 Å². The zero-order valence-electron chi connectivity index (χ0n) is 11.6. The summed E-state index contributed by atoms with van der Waals surface area (Å²) in [6, 6.07) is 0. The molecule has 0 saturated carbocycles. The first-order valence-corrected chi connectivity index (χ1v) is 8.18. The van der Waals surface area contributed by atoms with E-state index in [1.807, 2.05) is 19.0 Å². The van der Waals surface area contributed by atoms with Crippen molar-refractivity contribution in [3.8, 4) is 0 Å². The van der Waals surface area contributed by atoms with Crippen LogP contribution < -0.4 is 4.90 Å². The molecule has 0 amide bonds. The Labute approximate surface area is 114 Å². The Bertz CT molecular complexity index is 536. The van der Waals surface area contributed by atoms with E-state index in [0.717, 1.165) is 24.4 Å². The van der Waals surface area contributed by atoms with Gasteiger partial charge in [0.1, 0.15) is 5.82 Å². The summed E-state index contributed by atoms with van der Waals surface area (Å²) in [6.45, 7) is 1.12. The average molecular weight is 284 g/mol. The number of nitrogens with zero attached hydrogens (tertiary/aromatic N) is 4. The molecule has 106 valence electrons. The summed E-state index contributed by atoms with van der Waals surface area (Å²) in [6.07, 6.45) is 6.25. The molecule has 0 radical (unpaired) electrons. The first kappa shape index (κ1) is 14.2. The second kappa shape index (κ2) is 5.42. The van der Waals surface area contributed by atoms with Gasteiger partial charge in [0.25, 0.3) is 0 Å². The van der Waals surface area contributed by atoms with E-state index in [9.17, 15) is 8.42 Å². The van der Waals surface area contributed by atoms with Crippen molar-refractivity contribution in [2.45, 2.75) is 18.8 Å². The first-order valence-electron chi connectivity index (χ1n) is 6.33. The van der Waals surface area contributed by atoms with Gasteiger partial charge in [-0.1, -0.05) is 0 Å². The summed E-state index contributed by atoms with van der Waals surface area (Å²) < 4.78 is 24.5. The third kappa shape index (κ3) is 3.22. The largest absolute Gasteiger partial charge is 0.361 e. The number of hydrogen-bond donors (Lipinski definition) is 0. The molecule has 0 aliphatic carbocycles. The van der Waals surface area contributed by atoms with E-state index in [1.54, 1.807) is 12.4 Å². The van der Waals surface area contributed by atoms with Crippen LogP contribution in [0.2, 0.25) is 0 Å². The molecule has 1 aliphatic rings. The van der Waals surface area contributed by atoms with Gasteiger partial charge in [0, 0.05) is 45.5 Å². The standard InChI is InChI=1S/C12H20N4O2S/c1-15(2)12-11(13-6-7-14-12)10-4-8-16(9-5-10)19(3,17)18/h6-7,10H,4-5,8-9H2,1-3H3. The molecule has 0 atom stereocenters. The van der Waals surface area contributed by atoms with Gasteiger partial charge in [-0.05, 0) is 12.8 Å². The van der Waals surface area contributed by atoms with Crippen LogP contribution in [0, 0.1) is 0 Å². The van der Waals surface area contributed by atoms with Crippen molar-refractivity contribution < 1.29 is 8.42 Å². The van der Waals surface area contributed by atoms with E-state index in [1.165, 1.54) is 10.6 Å². The van der Waals surface area contributed by atoms with E-state index < -0.39 is 10.0 Å². The highest BCUT2D eigenvalue weighted by Gasteiger charge is 2.28. The highest BCUT2D eigenvalue weighted by molar-refractivity contribution is 7.88. The summed E-state index contributed by atoms with van der Waals surface area (Å²) in [5.74, 6) is 1.16. The molecule has 1 saturated heterocycles. The van der Waals surface area contributed by atoms with Gasteiger partial charge in [0.05, 0.1) is 11.9 Å². The van der Waals surface area contributed by atoms with E-state index in [0.29, 0.717) is 13.1 Å². The smallest absolute Gasteiger partial charge is 0.211 e. The number of hydrogen-bond acceptors (Lipinski definition) is 5. The van der Waals surface area contributed by atoms with Gasteiger partial charge in [-0.25, -0.2) is 17.7 Å². The minimum Gasteiger partial charge on any atom is -0.361 e. The highest BCUT2D eigenvalue weighted by atomic mass is 32.2. The fraction of sp³-hybridized carbons (Fsp3) is 0.667. The van der Waals surface area contributed by atoms with Crippen LogP contribution in [0.1, 0.15) is 24.5 Å². The maximum Gasteiger partial charge on any atom is 0.211 e. The molecule has 2 heterocycles. The normalized spacial score (nSPS) is 18.5. The van der Waals surface area contributed by atoms with Crippen molar-refractivity contribution >= 4 is 15.8 Å². The van der Waals surface area contributed by atoms with Gasteiger partial charge in [0.2, 0.25) is 10.0 Å². The van der Waals surface area contributed by atoms with Crippen LogP contribution in [-0.4, -0.2) is 56.1 Å². The summed E-state index contributed by atoms with van der Waals surface area (Å²) >= 11 is 0. The fourth-order valence-corrected chi connectivity index (χ4v) is 3.31. The van der Waals surface area contributed by atoms with Gasteiger partial charge in [-0.2, -0.15) is 0 Å². The van der Waals surface area contributed by atoms with E-state index in [4.69, 9.17) is 0 Å². The molecular weight excluding hydrogens is 264 g/mol. The summed E-state index contributed by atoms with van der Waals surface area (Å²) in [4.78, 5) is 10.7. The molecule has 1 aromatic heterocycles. The number of piperidine rings is 1. The second-order valence-electron chi connectivity index (χ2n) is 5.10. The molecular formula is C12H20N4O2S. The maximum absolute atomic E-state index is 11.5. The number of aromatic nitrogens is 2. The van der Waals surface area contributed by atoms with Crippen molar-refractivity contribution in [3.63, 3.8) is 0 Å². The molecule has 1 aromatic rings. The van der Waals surface area contributed by atoms with Gasteiger partial charge in [-0.3, -0.25) is 4.98 Å². The molecule has 1 aliphatic heterocycles. The number of rotatable bonds is 3. The topological polar surface area (TPSA) is 66.4 Å². The Morgan fingerprint density at radius 3 is 2.32 bits per heavy atom. The van der Waals surface area contributed by atoms with Gasteiger partial charge in [0.15, 0.2) is 0 Å². The zero-order chi connectivity index (χ0) is 14.0. The van der Waals surface area contributed by atoms with Gasteiger partial charge in [-0.15, -0.1) is 0 Å². The minimum absolute atomic E-state index is 0.282. The van der Waals surface area contributed by atoms with E-state index in [2.05, 4.69) is 9.97 Å². The van der Waals surface area contributed by atoms with Gasteiger partial charge >= 0.3 is 0 Å². The van der Waals surface area contributed by atoms with Gasteiger partial charge < -0.3 is 4.90 Å². The maximum atomic E-state index is 11.5. The third-order valence-electron chi connectivity index (χ3n) is 3.44. The van der Waals surface area contributed by atoms with Crippen molar-refractivity contribution in [1.82, 2.24) is 14.3 Å². The molecule has 19 heavy (non-hydrogen) atoms. The third-order valence-corrected chi connectivity index (χ3v) is 4.74. The van der Waals surface area contributed by atoms with Crippen LogP contribution >= 0.6 is 0 Å². The lowest BCUT2D eigenvalue weighted by molar-refractivity contribution is 0.318. The molecule has 0 aromatic carbocycles. The summed E-state index contributed by atoms with van der Waals surface area (Å²) in [5.41, 5.74) is 0.973. The van der Waals surface area contributed by atoms with Crippen LogP contribution in [0.25, 0.3) is 0 Å². The second-order valence-corrected chi connectivity index (χ2v) is 7.08. The number of anilines is 1. The highest BCUT2D eigenvalue weighted by Crippen LogP contribution is 2.31. The Hall–Kier alpha value is -1.21. The monoisotopic (exact) mass is 284 g/mol. The molecule has 2 rings (SSSR count). The van der Waals surface area contributed by atoms with Crippen LogP contribution in [0.5, 0.6) is 0 Å². The molecule has 0 N–H and O–H groups in total. The first-order chi connectivity index (χ1) is 8.89. The van der Waals surface area contributed by atoms with Crippen molar-refractivity contribution in [3.05, 3.63) is 18.1 Å². The molecule has 0 unspecified atom stereocenters. The van der Waals surface area contributed by atoms with Crippen molar-refractivity contribution in [2.24, 2.45) is 0 Å². The Balaban J connectivity index is 2.14. The Morgan fingerprint density at radius 2 is 1.79 bits per heavy atom. The van der Waals surface area contributed by atoms with Crippen LogP contribution in [0.3, 0.4) is 0 Å². The lowest BCUT2D eigenvalue weighted by atomic mass is 9.94. The quantitative estimate of drug-likeness (QED) is 0.816. The van der Waals surface area contributed by atoms with E-state index in [-0.39, 0.29) is 5.92 Å². The summed E-state index contributed by atoms with van der Waals surface area (Å²) in [7, 11) is 0.816. The molecule has 1 fully saturated rings. The predicted molar refractivity (Wildman–Crippen MR) is 74.8 cm³/mol. The average Bonchev–Trinajstić information content (AvgIpc) is 2.38. The predicted octanol–water partition coefficient (Wildman–Crippen LogP) is 0.682. The van der Waals surface area contributed by atoms with Crippen molar-refractivity contribution in [2.75, 3.05) is 38.3 Å². The lowest BCUT2D eigenvalue weighted by Crippen LogP contribution is -2.37. The molecule has 6 nitrogen and oxygen atoms in total. The molecule has 0 bridgehead atoms. The fourth-order valence-electron chi connectivity index (χ4n) is 2.43. The van der Waals surface area contributed by atoms with E-state index >= 15 is 0 Å². The van der Waals surface area contributed by atoms with Crippen molar-refractivity contribution in [1.29, 1.82) is 0 Å². The number of sulfonamides is 1. The SMILES string of the molecule is CN(C)c1nccnc1C1CCN(S(C)(=O)=O)CC1. The zero-order valence-corrected chi connectivity index (χ0v) is 12.4. The molecule has 0 spiro atoms. The minimum atomic E-state index is -3.07. The van der Waals surface area contributed by atoms with Crippen LogP contribution in [0.4, 0.5) is 5.82 Å². The Kier molecular flexibility index (Phi) is 4.05. The molecule has 7 heteroatoms. The Morgan fingerprint density at radius 1 is 1.21 bits per heavy atom. The lowest BCUT2D eigenvalue weighted by Gasteiger charge is -2.31. The van der Waals surface area contributed by atoms with Crippen LogP contribution in [-0.2, 0) is 10.0 Å². The summed E-state index contributed by atoms with van der Waals surface area (Å²) in [5, 5.41) is 0.